The Kier molecular flexibility index (Phi) is 3.24. The minimum Gasteiger partial charge on any atom is -0.356 e. The Morgan fingerprint density at radius 2 is 1.74 bits per heavy atom. The van der Waals surface area contributed by atoms with Gasteiger partial charge in [-0.1, -0.05) is 12.8 Å². The molecule has 0 atom stereocenters. The van der Waals surface area contributed by atoms with Gasteiger partial charge < -0.3 is 4.90 Å². The lowest BCUT2D eigenvalue weighted by Gasteiger charge is -2.40. The van der Waals surface area contributed by atoms with Crippen LogP contribution in [-0.2, 0) is 6.18 Å². The predicted molar refractivity (Wildman–Crippen MR) is 78.1 cm³/mol. The van der Waals surface area contributed by atoms with Crippen LogP contribution in [-0.4, -0.2) is 32.7 Å². The average Bonchev–Trinajstić information content (AvgIpc) is 3.15. The van der Waals surface area contributed by atoms with Gasteiger partial charge in [-0.2, -0.15) is 27.8 Å². The highest BCUT2D eigenvalue weighted by atomic mass is 19.4. The van der Waals surface area contributed by atoms with Crippen molar-refractivity contribution in [3.63, 3.8) is 0 Å². The van der Waals surface area contributed by atoms with E-state index < -0.39 is 11.9 Å². The molecule has 2 aromatic heterocycles. The number of hydrogen-bond acceptors (Lipinski definition) is 4. The summed E-state index contributed by atoms with van der Waals surface area (Å²) in [5, 5.41) is 4.04. The fraction of sp³-hybridized carbons (Fsp3) is 0.667. The largest absolute Gasteiger partial charge is 0.433 e. The molecule has 1 aliphatic carbocycles. The number of alkyl halides is 3. The molecular formula is C15H18F3N5. The van der Waals surface area contributed by atoms with Gasteiger partial charge in [0.05, 0.1) is 0 Å². The van der Waals surface area contributed by atoms with Crippen LogP contribution in [0, 0.1) is 5.41 Å². The first-order chi connectivity index (χ1) is 11.0. The summed E-state index contributed by atoms with van der Waals surface area (Å²) in [4.78, 5) is 9.39. The maximum Gasteiger partial charge on any atom is 0.433 e. The molecule has 23 heavy (non-hydrogen) atoms. The summed E-state index contributed by atoms with van der Waals surface area (Å²) in [6, 6.07) is 1.09. The zero-order chi connectivity index (χ0) is 16.1. The number of anilines is 1. The van der Waals surface area contributed by atoms with E-state index in [-0.39, 0.29) is 5.78 Å². The second kappa shape index (κ2) is 5.07. The number of fused-ring (bicyclic) bond motifs is 1. The second-order valence-corrected chi connectivity index (χ2v) is 6.66. The van der Waals surface area contributed by atoms with Gasteiger partial charge in [-0.15, -0.1) is 0 Å². The lowest BCUT2D eigenvalue weighted by molar-refractivity contribution is -0.141. The van der Waals surface area contributed by atoms with Crippen molar-refractivity contribution in [2.75, 3.05) is 18.0 Å². The van der Waals surface area contributed by atoms with Gasteiger partial charge in [-0.25, -0.2) is 4.98 Å². The molecule has 0 bridgehead atoms. The maximum absolute atomic E-state index is 13.1. The van der Waals surface area contributed by atoms with Crippen molar-refractivity contribution in [3.05, 3.63) is 18.1 Å². The number of rotatable bonds is 1. The van der Waals surface area contributed by atoms with Crippen LogP contribution in [0.2, 0.25) is 0 Å². The van der Waals surface area contributed by atoms with E-state index in [1.807, 2.05) is 4.90 Å². The summed E-state index contributed by atoms with van der Waals surface area (Å²) < 4.78 is 40.6. The van der Waals surface area contributed by atoms with Crippen molar-refractivity contribution in [1.29, 1.82) is 0 Å². The molecule has 5 nitrogen and oxygen atoms in total. The molecule has 1 saturated heterocycles. The van der Waals surface area contributed by atoms with Crippen molar-refractivity contribution in [2.24, 2.45) is 5.41 Å². The van der Waals surface area contributed by atoms with Crippen molar-refractivity contribution in [3.8, 4) is 0 Å². The number of hydrogen-bond donors (Lipinski definition) is 0. The molecule has 2 aromatic rings. The molecular weight excluding hydrogens is 307 g/mol. The van der Waals surface area contributed by atoms with E-state index in [0.29, 0.717) is 11.2 Å². The topological polar surface area (TPSA) is 46.3 Å². The third kappa shape index (κ3) is 2.53. The van der Waals surface area contributed by atoms with Crippen molar-refractivity contribution >= 4 is 11.6 Å². The summed E-state index contributed by atoms with van der Waals surface area (Å²) in [5.74, 6) is 0.434. The maximum atomic E-state index is 13.1. The van der Waals surface area contributed by atoms with Crippen LogP contribution in [0.5, 0.6) is 0 Å². The molecule has 1 spiro atoms. The van der Waals surface area contributed by atoms with Crippen LogP contribution in [0.4, 0.5) is 19.0 Å². The Bertz CT molecular complexity index is 707. The molecule has 3 heterocycles. The van der Waals surface area contributed by atoms with Crippen molar-refractivity contribution in [1.82, 2.24) is 19.6 Å². The Morgan fingerprint density at radius 3 is 2.39 bits per heavy atom. The molecule has 4 rings (SSSR count). The summed E-state index contributed by atoms with van der Waals surface area (Å²) in [5.41, 5.74) is -0.494. The van der Waals surface area contributed by atoms with Crippen LogP contribution < -0.4 is 4.90 Å². The standard InChI is InChI=1S/C15H18F3N5/c16-15(17,18)11-9-12(23-13(21-11)19-10-20-23)22-7-5-14(6-8-22)3-1-2-4-14/h9-10H,1-8H2. The van der Waals surface area contributed by atoms with E-state index >= 15 is 0 Å². The average molecular weight is 325 g/mol. The van der Waals surface area contributed by atoms with Gasteiger partial charge in [-0.3, -0.25) is 0 Å². The Labute approximate surface area is 131 Å². The highest BCUT2D eigenvalue weighted by molar-refractivity contribution is 5.48. The normalized spacial score (nSPS) is 21.4. The summed E-state index contributed by atoms with van der Waals surface area (Å²) in [6.45, 7) is 1.52. The van der Waals surface area contributed by atoms with Crippen LogP contribution in [0.1, 0.15) is 44.2 Å². The second-order valence-electron chi connectivity index (χ2n) is 6.66. The molecule has 124 valence electrons. The summed E-state index contributed by atoms with van der Waals surface area (Å²) in [7, 11) is 0. The minimum absolute atomic E-state index is 0.00372. The summed E-state index contributed by atoms with van der Waals surface area (Å²) >= 11 is 0. The van der Waals surface area contributed by atoms with E-state index in [4.69, 9.17) is 0 Å². The number of halogens is 3. The first kappa shape index (κ1) is 14.7. The Morgan fingerprint density at radius 1 is 1.04 bits per heavy atom. The molecule has 1 saturated carbocycles. The molecule has 0 amide bonds. The smallest absolute Gasteiger partial charge is 0.356 e. The van der Waals surface area contributed by atoms with Gasteiger partial charge >= 0.3 is 6.18 Å². The molecule has 0 radical (unpaired) electrons. The monoisotopic (exact) mass is 325 g/mol. The third-order valence-corrected chi connectivity index (χ3v) is 5.34. The van der Waals surface area contributed by atoms with Gasteiger partial charge in [0, 0.05) is 19.2 Å². The Balaban J connectivity index is 1.67. The first-order valence-electron chi connectivity index (χ1n) is 8.00. The number of piperidine rings is 1. The van der Waals surface area contributed by atoms with Crippen LogP contribution in [0.25, 0.3) is 5.78 Å². The lowest BCUT2D eigenvalue weighted by Crippen LogP contribution is -2.40. The van der Waals surface area contributed by atoms with Gasteiger partial charge in [0.2, 0.25) is 0 Å². The minimum atomic E-state index is -4.48. The van der Waals surface area contributed by atoms with Crippen LogP contribution >= 0.6 is 0 Å². The summed E-state index contributed by atoms with van der Waals surface area (Å²) in [6.07, 6.45) is 3.90. The molecule has 2 fully saturated rings. The highest BCUT2D eigenvalue weighted by Gasteiger charge is 2.39. The molecule has 1 aliphatic heterocycles. The van der Waals surface area contributed by atoms with E-state index in [0.717, 1.165) is 32.0 Å². The van der Waals surface area contributed by atoms with Gasteiger partial charge in [0.25, 0.3) is 5.78 Å². The number of aromatic nitrogens is 4. The first-order valence-corrected chi connectivity index (χ1v) is 8.00. The van der Waals surface area contributed by atoms with Gasteiger partial charge in [0.15, 0.2) is 5.69 Å². The lowest BCUT2D eigenvalue weighted by atomic mass is 9.77. The van der Waals surface area contributed by atoms with Crippen molar-refractivity contribution < 1.29 is 13.2 Å². The third-order valence-electron chi connectivity index (χ3n) is 5.34. The SMILES string of the molecule is FC(F)(F)c1cc(N2CCC3(CCCC3)CC2)n2ncnc2n1. The quantitative estimate of drug-likeness (QED) is 0.807. The molecule has 0 unspecified atom stereocenters. The van der Waals surface area contributed by atoms with E-state index in [9.17, 15) is 13.2 Å². The van der Waals surface area contributed by atoms with Crippen LogP contribution in [0.3, 0.4) is 0 Å². The van der Waals surface area contributed by atoms with Crippen LogP contribution in [0.15, 0.2) is 12.4 Å². The van der Waals surface area contributed by atoms with E-state index in [2.05, 4.69) is 15.1 Å². The van der Waals surface area contributed by atoms with E-state index in [1.165, 1.54) is 36.5 Å². The Hall–Kier alpha value is -1.86. The predicted octanol–water partition coefficient (Wildman–Crippen LogP) is 3.30. The zero-order valence-corrected chi connectivity index (χ0v) is 12.7. The zero-order valence-electron chi connectivity index (χ0n) is 12.7. The molecule has 0 aromatic carbocycles. The molecule has 0 N–H and O–H groups in total. The van der Waals surface area contributed by atoms with Crippen molar-refractivity contribution in [2.45, 2.75) is 44.7 Å². The molecule has 2 aliphatic rings. The van der Waals surface area contributed by atoms with E-state index in [1.54, 1.807) is 0 Å². The van der Waals surface area contributed by atoms with Gasteiger partial charge in [0.1, 0.15) is 12.1 Å². The van der Waals surface area contributed by atoms with Gasteiger partial charge in [-0.05, 0) is 31.1 Å². The fourth-order valence-electron chi connectivity index (χ4n) is 4.00. The fourth-order valence-corrected chi connectivity index (χ4v) is 4.00. The highest BCUT2D eigenvalue weighted by Crippen LogP contribution is 2.46. The number of nitrogens with zero attached hydrogens (tertiary/aromatic N) is 5. The molecule has 8 heteroatoms.